The van der Waals surface area contributed by atoms with Gasteiger partial charge >= 0.3 is 12.1 Å². The molecule has 41 heavy (non-hydrogen) atoms. The van der Waals surface area contributed by atoms with Crippen molar-refractivity contribution in [3.63, 3.8) is 0 Å². The fraction of sp³-hybridized carbons (Fsp3) is 0.333. The Hall–Kier alpha value is -3.91. The van der Waals surface area contributed by atoms with E-state index in [1.165, 1.54) is 0 Å². The number of carbonyl (C=O) groups is 2. The van der Waals surface area contributed by atoms with Gasteiger partial charge in [-0.3, -0.25) is 0 Å². The largest absolute Gasteiger partial charge is 0.497 e. The van der Waals surface area contributed by atoms with Crippen LogP contribution in [0.1, 0.15) is 54.2 Å². The topological polar surface area (TPSA) is 92.3 Å². The highest BCUT2D eigenvalue weighted by molar-refractivity contribution is 7.45. The van der Waals surface area contributed by atoms with Gasteiger partial charge in [0.15, 0.2) is 5.60 Å². The summed E-state index contributed by atoms with van der Waals surface area (Å²) in [7, 11) is -1.03. The number of benzene rings is 3. The van der Waals surface area contributed by atoms with E-state index in [4.69, 9.17) is 23.7 Å². The Balaban J connectivity index is 0.000000909. The molecule has 0 fully saturated rings. The molecule has 0 radical (unpaired) electrons. The highest BCUT2D eigenvalue weighted by atomic mass is 31.2. The lowest BCUT2D eigenvalue weighted by molar-refractivity contribution is 0.0223. The first-order valence-corrected chi connectivity index (χ1v) is 14.5. The van der Waals surface area contributed by atoms with Gasteiger partial charge in [0.1, 0.15) is 28.6 Å². The average Bonchev–Trinajstić information content (AvgIpc) is 3.19. The fourth-order valence-electron chi connectivity index (χ4n) is 4.62. The molecule has 1 spiro atoms. The summed E-state index contributed by atoms with van der Waals surface area (Å²) in [6.07, 6.45) is 0.132. The van der Waals surface area contributed by atoms with E-state index in [1.807, 2.05) is 63.2 Å². The van der Waals surface area contributed by atoms with Crippen molar-refractivity contribution in [2.45, 2.75) is 38.4 Å². The molecular weight excluding hydrogens is 555 g/mol. The molecule has 1 amide bonds. The third-order valence-electron chi connectivity index (χ3n) is 6.15. The monoisotopic (exact) mass is 587 g/mol. The summed E-state index contributed by atoms with van der Waals surface area (Å²) in [6.45, 7) is 7.14. The molecule has 0 saturated heterocycles. The Morgan fingerprint density at radius 3 is 2.22 bits per heavy atom. The lowest BCUT2D eigenvalue weighted by Crippen LogP contribution is -2.33. The molecule has 218 valence electrons. The number of amides is 1. The van der Waals surface area contributed by atoms with Crippen LogP contribution in [0.25, 0.3) is 0 Å². The quantitative estimate of drug-likeness (QED) is 0.182. The molecule has 2 aliphatic heterocycles. The number of halogens is 2. The molecule has 1 N–H and O–H groups in total. The summed E-state index contributed by atoms with van der Waals surface area (Å²) in [5.41, 5.74) is 1.03. The van der Waals surface area contributed by atoms with Crippen molar-refractivity contribution in [2.75, 3.05) is 26.9 Å². The van der Waals surface area contributed by atoms with Gasteiger partial charge in [-0.1, -0.05) is 18.2 Å². The van der Waals surface area contributed by atoms with Gasteiger partial charge in [-0.05, 0) is 57.5 Å². The van der Waals surface area contributed by atoms with E-state index in [0.29, 0.717) is 53.7 Å². The number of rotatable bonds is 6. The molecule has 8 nitrogen and oxygen atoms in total. The Bertz CT molecular complexity index is 1420. The number of hydrogen-bond donors (Lipinski definition) is 1. The molecule has 0 aromatic heterocycles. The van der Waals surface area contributed by atoms with Crippen LogP contribution in [-0.4, -0.2) is 44.6 Å². The molecule has 0 bridgehead atoms. The lowest BCUT2D eigenvalue weighted by Gasteiger charge is -2.36. The van der Waals surface area contributed by atoms with Gasteiger partial charge in [-0.25, -0.2) is 9.59 Å². The van der Waals surface area contributed by atoms with Crippen molar-refractivity contribution >= 4 is 20.6 Å². The van der Waals surface area contributed by atoms with Gasteiger partial charge in [0.2, 0.25) is 0 Å². The first kappa shape index (κ1) is 30.1. The molecule has 3 aromatic carbocycles. The van der Waals surface area contributed by atoms with Crippen molar-refractivity contribution in [2.24, 2.45) is 0 Å². The molecule has 0 aliphatic carbocycles. The summed E-state index contributed by atoms with van der Waals surface area (Å²) in [6, 6.07) is 18.4. The van der Waals surface area contributed by atoms with Crippen molar-refractivity contribution in [3.8, 4) is 23.0 Å². The van der Waals surface area contributed by atoms with Crippen LogP contribution in [0.3, 0.4) is 0 Å². The maximum atomic E-state index is 12.9. The van der Waals surface area contributed by atoms with Crippen molar-refractivity contribution in [1.82, 2.24) is 5.32 Å². The zero-order valence-corrected chi connectivity index (χ0v) is 24.4. The second kappa shape index (κ2) is 12.3. The van der Waals surface area contributed by atoms with E-state index in [0.717, 1.165) is 17.8 Å². The van der Waals surface area contributed by atoms with E-state index >= 15 is 0 Å². The standard InChI is InChI=1S/C29H29NO7.CH3F2P/c1-28(2,3)37-27(32)30-14-7-15-34-19-11-13-23-25(17-19)35-24-16-18(33-4)10-12-22(24)29(23)21-9-6-5-8-20(21)26(31)36-29;1-4(2)3/h5-6,8-13,16-17H,7,14-15H2,1-4H3,(H,30,32);1H3. The Morgan fingerprint density at radius 1 is 0.976 bits per heavy atom. The molecule has 2 aliphatic rings. The minimum Gasteiger partial charge on any atom is -0.497 e. The molecule has 5 rings (SSSR count). The fourth-order valence-corrected chi connectivity index (χ4v) is 4.62. The van der Waals surface area contributed by atoms with Crippen LogP contribution in [0.4, 0.5) is 13.2 Å². The SMILES string of the molecule is COc1ccc2c(c1)Oc1cc(OCCCNC(=O)OC(C)(C)C)ccc1C21OC(=O)c2ccccc21.CP(F)F. The molecule has 0 saturated carbocycles. The molecule has 1 unspecified atom stereocenters. The van der Waals surface area contributed by atoms with Crippen LogP contribution in [0, 0.1) is 0 Å². The number of fused-ring (bicyclic) bond motifs is 6. The summed E-state index contributed by atoms with van der Waals surface area (Å²) in [5.74, 6) is 1.89. The third kappa shape index (κ3) is 6.70. The third-order valence-corrected chi connectivity index (χ3v) is 6.15. The van der Waals surface area contributed by atoms with E-state index < -0.39 is 25.8 Å². The molecule has 1 atom stereocenters. The van der Waals surface area contributed by atoms with Crippen molar-refractivity contribution in [3.05, 3.63) is 82.9 Å². The number of hydrogen-bond acceptors (Lipinski definition) is 7. The number of carbonyl (C=O) groups excluding carboxylic acids is 2. The summed E-state index contributed by atoms with van der Waals surface area (Å²) >= 11 is 0. The van der Waals surface area contributed by atoms with Crippen LogP contribution in [0.2, 0.25) is 0 Å². The second-order valence-electron chi connectivity index (χ2n) is 10.3. The van der Waals surface area contributed by atoms with Gasteiger partial charge in [-0.2, -0.15) is 8.39 Å². The number of nitrogens with one attached hydrogen (secondary N) is 1. The van der Waals surface area contributed by atoms with Gasteiger partial charge in [-0.15, -0.1) is 0 Å². The van der Waals surface area contributed by atoms with E-state index in [9.17, 15) is 18.0 Å². The molecule has 2 heterocycles. The van der Waals surface area contributed by atoms with Crippen molar-refractivity contribution in [1.29, 1.82) is 0 Å². The van der Waals surface area contributed by atoms with E-state index in [1.54, 1.807) is 25.3 Å². The maximum absolute atomic E-state index is 12.9. The zero-order chi connectivity index (χ0) is 29.8. The van der Waals surface area contributed by atoms with Crippen LogP contribution in [-0.2, 0) is 15.1 Å². The summed E-state index contributed by atoms with van der Waals surface area (Å²) < 4.78 is 49.8. The molecular formula is C30H32F2NO7P. The predicted molar refractivity (Wildman–Crippen MR) is 151 cm³/mol. The van der Waals surface area contributed by atoms with E-state index in [-0.39, 0.29) is 5.97 Å². The molecule has 3 aromatic rings. The van der Waals surface area contributed by atoms with Crippen LogP contribution in [0.15, 0.2) is 60.7 Å². The van der Waals surface area contributed by atoms with Crippen LogP contribution < -0.4 is 19.5 Å². The van der Waals surface area contributed by atoms with Gasteiger partial charge in [0.05, 0.1) is 19.3 Å². The van der Waals surface area contributed by atoms with Gasteiger partial charge in [0.25, 0.3) is 8.54 Å². The Kier molecular flexibility index (Phi) is 9.02. The Morgan fingerprint density at radius 2 is 1.59 bits per heavy atom. The lowest BCUT2D eigenvalue weighted by atomic mass is 9.77. The molecule has 11 heteroatoms. The Labute approximate surface area is 238 Å². The number of methoxy groups -OCH3 is 1. The highest BCUT2D eigenvalue weighted by Crippen LogP contribution is 2.57. The second-order valence-corrected chi connectivity index (χ2v) is 11.1. The number of esters is 1. The average molecular weight is 588 g/mol. The minimum absolute atomic E-state index is 0.377. The summed E-state index contributed by atoms with van der Waals surface area (Å²) in [4.78, 5) is 24.7. The van der Waals surface area contributed by atoms with Gasteiger partial charge in [0, 0.05) is 42.0 Å². The predicted octanol–water partition coefficient (Wildman–Crippen LogP) is 7.42. The minimum atomic E-state index is -2.62. The first-order valence-electron chi connectivity index (χ1n) is 12.9. The van der Waals surface area contributed by atoms with Crippen molar-refractivity contribution < 1.29 is 41.7 Å². The smallest absolute Gasteiger partial charge is 0.407 e. The van der Waals surface area contributed by atoms with Gasteiger partial charge < -0.3 is 29.0 Å². The van der Waals surface area contributed by atoms with E-state index in [2.05, 4.69) is 5.32 Å². The summed E-state index contributed by atoms with van der Waals surface area (Å²) in [5, 5.41) is 2.72. The first-order chi connectivity index (χ1) is 19.4. The van der Waals surface area contributed by atoms with Crippen LogP contribution >= 0.6 is 8.54 Å². The van der Waals surface area contributed by atoms with Crippen LogP contribution in [0.5, 0.6) is 23.0 Å². The number of ether oxygens (including phenoxy) is 5. The zero-order valence-electron chi connectivity index (χ0n) is 23.5. The number of alkyl carbamates (subject to hydrolysis) is 1. The highest BCUT2D eigenvalue weighted by Gasteiger charge is 2.53. The normalized spacial score (nSPS) is 16.3. The maximum Gasteiger partial charge on any atom is 0.407 e.